The van der Waals surface area contributed by atoms with Crippen molar-refractivity contribution in [1.82, 2.24) is 9.80 Å². The standard InChI is InChI=1S/C23H22F5N3O4/c24-17-2-1-3-18(25)19(17)20(32)31-12-13-34-22(14-31)8-10-30(11-9-22)21(33)29-15-4-6-16(7-5-15)35-23(26,27)28/h1-7H,8-14H2,(H,29,33). The Hall–Kier alpha value is -3.41. The Labute approximate surface area is 197 Å². The lowest BCUT2D eigenvalue weighted by Crippen LogP contribution is -2.59. The summed E-state index contributed by atoms with van der Waals surface area (Å²) in [6.45, 7) is 1.09. The Morgan fingerprint density at radius 2 is 1.57 bits per heavy atom. The van der Waals surface area contributed by atoms with Gasteiger partial charge in [0.05, 0.1) is 18.8 Å². The van der Waals surface area contributed by atoms with Crippen molar-refractivity contribution in [2.45, 2.75) is 24.8 Å². The van der Waals surface area contributed by atoms with E-state index >= 15 is 0 Å². The van der Waals surface area contributed by atoms with Crippen LogP contribution < -0.4 is 10.1 Å². The highest BCUT2D eigenvalue weighted by molar-refractivity contribution is 5.95. The SMILES string of the molecule is O=C(Nc1ccc(OC(F)(F)F)cc1)N1CCC2(CC1)CN(C(=O)c1c(F)cccc1F)CCO2. The summed E-state index contributed by atoms with van der Waals surface area (Å²) in [5.41, 5.74) is -1.06. The molecule has 35 heavy (non-hydrogen) atoms. The van der Waals surface area contributed by atoms with Crippen molar-refractivity contribution in [3.8, 4) is 5.75 Å². The van der Waals surface area contributed by atoms with E-state index in [0.29, 0.717) is 18.5 Å². The monoisotopic (exact) mass is 499 g/mol. The van der Waals surface area contributed by atoms with E-state index in [2.05, 4.69) is 10.1 Å². The number of halogens is 5. The third-order valence-corrected chi connectivity index (χ3v) is 6.01. The third-order valence-electron chi connectivity index (χ3n) is 6.01. The quantitative estimate of drug-likeness (QED) is 0.636. The minimum atomic E-state index is -4.81. The van der Waals surface area contributed by atoms with Crippen LogP contribution in [0.5, 0.6) is 5.75 Å². The fraction of sp³-hybridized carbons (Fsp3) is 0.391. The highest BCUT2D eigenvalue weighted by Crippen LogP contribution is 2.32. The van der Waals surface area contributed by atoms with Crippen LogP contribution in [0.2, 0.25) is 0 Å². The number of nitrogens with zero attached hydrogens (tertiary/aromatic N) is 2. The number of urea groups is 1. The van der Waals surface area contributed by atoms with Gasteiger partial charge in [0.1, 0.15) is 22.9 Å². The summed E-state index contributed by atoms with van der Waals surface area (Å²) in [5.74, 6) is -3.01. The molecule has 2 aromatic rings. The zero-order valence-corrected chi connectivity index (χ0v) is 18.4. The van der Waals surface area contributed by atoms with Gasteiger partial charge < -0.3 is 24.6 Å². The molecule has 2 heterocycles. The number of nitrogens with one attached hydrogen (secondary N) is 1. The van der Waals surface area contributed by atoms with Gasteiger partial charge in [-0.15, -0.1) is 13.2 Å². The van der Waals surface area contributed by atoms with Gasteiger partial charge in [0.2, 0.25) is 0 Å². The largest absolute Gasteiger partial charge is 0.573 e. The van der Waals surface area contributed by atoms with Gasteiger partial charge in [0, 0.05) is 25.3 Å². The van der Waals surface area contributed by atoms with Gasteiger partial charge >= 0.3 is 12.4 Å². The van der Waals surface area contributed by atoms with Gasteiger partial charge in [-0.3, -0.25) is 4.79 Å². The number of alkyl halides is 3. The summed E-state index contributed by atoms with van der Waals surface area (Å²) in [7, 11) is 0. The van der Waals surface area contributed by atoms with Crippen LogP contribution in [0.25, 0.3) is 0 Å². The number of hydrogen-bond acceptors (Lipinski definition) is 4. The zero-order valence-electron chi connectivity index (χ0n) is 18.4. The fourth-order valence-corrected chi connectivity index (χ4v) is 4.24. The maximum Gasteiger partial charge on any atom is 0.573 e. The highest BCUT2D eigenvalue weighted by atomic mass is 19.4. The van der Waals surface area contributed by atoms with Gasteiger partial charge in [-0.1, -0.05) is 6.07 Å². The van der Waals surface area contributed by atoms with Crippen molar-refractivity contribution in [1.29, 1.82) is 0 Å². The van der Waals surface area contributed by atoms with E-state index in [-0.39, 0.29) is 32.8 Å². The fourth-order valence-electron chi connectivity index (χ4n) is 4.24. The number of carbonyl (C=O) groups is 2. The maximum absolute atomic E-state index is 14.1. The Bertz CT molecular complexity index is 1070. The number of hydrogen-bond donors (Lipinski definition) is 1. The minimum Gasteiger partial charge on any atom is -0.406 e. The van der Waals surface area contributed by atoms with E-state index in [4.69, 9.17) is 4.74 Å². The number of morpholine rings is 1. The topological polar surface area (TPSA) is 71.1 Å². The van der Waals surface area contributed by atoms with E-state index in [0.717, 1.165) is 24.3 Å². The Balaban J connectivity index is 1.33. The van der Waals surface area contributed by atoms with Crippen LogP contribution >= 0.6 is 0 Å². The predicted molar refractivity (Wildman–Crippen MR) is 114 cm³/mol. The lowest BCUT2D eigenvalue weighted by molar-refractivity contribution is -0.274. The first kappa shape index (κ1) is 24.7. The molecular weight excluding hydrogens is 477 g/mol. The molecule has 188 valence electrons. The van der Waals surface area contributed by atoms with Crippen molar-refractivity contribution < 1.29 is 41.0 Å². The Morgan fingerprint density at radius 3 is 2.17 bits per heavy atom. The molecule has 0 atom stereocenters. The number of ether oxygens (including phenoxy) is 2. The first-order chi connectivity index (χ1) is 16.6. The maximum atomic E-state index is 14.1. The summed E-state index contributed by atoms with van der Waals surface area (Å²) < 4.78 is 74.7. The molecule has 0 unspecified atom stereocenters. The summed E-state index contributed by atoms with van der Waals surface area (Å²) in [4.78, 5) is 28.3. The van der Waals surface area contributed by atoms with Crippen LogP contribution in [0.15, 0.2) is 42.5 Å². The Kier molecular flexibility index (Phi) is 6.84. The van der Waals surface area contributed by atoms with Gasteiger partial charge in [0.25, 0.3) is 5.91 Å². The predicted octanol–water partition coefficient (Wildman–Crippen LogP) is 4.40. The molecule has 1 N–H and O–H groups in total. The van der Waals surface area contributed by atoms with Crippen molar-refractivity contribution in [3.63, 3.8) is 0 Å². The average molecular weight is 499 g/mol. The van der Waals surface area contributed by atoms with Crippen molar-refractivity contribution in [3.05, 3.63) is 59.7 Å². The number of rotatable bonds is 3. The summed E-state index contributed by atoms with van der Waals surface area (Å²) in [5, 5.41) is 2.62. The molecule has 12 heteroatoms. The van der Waals surface area contributed by atoms with Crippen LogP contribution in [0.3, 0.4) is 0 Å². The van der Waals surface area contributed by atoms with E-state index in [1.165, 1.54) is 28.0 Å². The molecule has 2 saturated heterocycles. The number of benzene rings is 2. The lowest BCUT2D eigenvalue weighted by Gasteiger charge is -2.47. The first-order valence-electron chi connectivity index (χ1n) is 10.8. The van der Waals surface area contributed by atoms with E-state index in [1.807, 2.05) is 0 Å². The summed E-state index contributed by atoms with van der Waals surface area (Å²) in [6, 6.07) is 7.57. The first-order valence-corrected chi connectivity index (χ1v) is 10.8. The van der Waals surface area contributed by atoms with E-state index in [1.54, 1.807) is 0 Å². The highest BCUT2D eigenvalue weighted by Gasteiger charge is 2.42. The molecule has 1 spiro atoms. The van der Waals surface area contributed by atoms with Crippen molar-refractivity contribution >= 4 is 17.6 Å². The molecule has 2 aromatic carbocycles. The smallest absolute Gasteiger partial charge is 0.406 e. The number of anilines is 1. The second-order valence-corrected chi connectivity index (χ2v) is 8.34. The lowest BCUT2D eigenvalue weighted by atomic mass is 9.89. The van der Waals surface area contributed by atoms with Crippen molar-refractivity contribution in [2.75, 3.05) is 38.1 Å². The van der Waals surface area contributed by atoms with Gasteiger partial charge in [0.15, 0.2) is 0 Å². The van der Waals surface area contributed by atoms with Gasteiger partial charge in [-0.2, -0.15) is 0 Å². The average Bonchev–Trinajstić information content (AvgIpc) is 2.80. The molecule has 0 aromatic heterocycles. The molecule has 0 bridgehead atoms. The molecule has 3 amide bonds. The van der Waals surface area contributed by atoms with Crippen LogP contribution in [0.4, 0.5) is 32.4 Å². The molecule has 0 saturated carbocycles. The number of carbonyl (C=O) groups excluding carboxylic acids is 2. The third kappa shape index (κ3) is 5.81. The number of likely N-dealkylation sites (tertiary alicyclic amines) is 1. The molecule has 4 rings (SSSR count). The summed E-state index contributed by atoms with van der Waals surface area (Å²) >= 11 is 0. The minimum absolute atomic E-state index is 0.135. The second-order valence-electron chi connectivity index (χ2n) is 8.34. The number of amides is 3. The van der Waals surface area contributed by atoms with Gasteiger partial charge in [-0.05, 0) is 49.2 Å². The van der Waals surface area contributed by atoms with Crippen LogP contribution in [0, 0.1) is 11.6 Å². The van der Waals surface area contributed by atoms with E-state index < -0.39 is 46.8 Å². The second kappa shape index (κ2) is 9.68. The summed E-state index contributed by atoms with van der Waals surface area (Å²) in [6.07, 6.45) is -4.02. The zero-order chi connectivity index (χ0) is 25.2. The van der Waals surface area contributed by atoms with Crippen LogP contribution in [0.1, 0.15) is 23.2 Å². The Morgan fingerprint density at radius 1 is 0.943 bits per heavy atom. The molecule has 2 aliphatic heterocycles. The molecule has 7 nitrogen and oxygen atoms in total. The van der Waals surface area contributed by atoms with Crippen LogP contribution in [-0.4, -0.2) is 66.5 Å². The molecule has 0 radical (unpaired) electrons. The molecular formula is C23H22F5N3O4. The molecule has 0 aliphatic carbocycles. The van der Waals surface area contributed by atoms with Crippen LogP contribution in [-0.2, 0) is 4.74 Å². The van der Waals surface area contributed by atoms with E-state index in [9.17, 15) is 31.5 Å². The normalized spacial score (nSPS) is 17.9. The molecule has 2 fully saturated rings. The molecule has 2 aliphatic rings. The number of piperidine rings is 1. The van der Waals surface area contributed by atoms with Gasteiger partial charge in [-0.25, -0.2) is 13.6 Å². The van der Waals surface area contributed by atoms with Crippen molar-refractivity contribution in [2.24, 2.45) is 0 Å².